The summed E-state index contributed by atoms with van der Waals surface area (Å²) in [6, 6.07) is 0. The van der Waals surface area contributed by atoms with Crippen molar-refractivity contribution >= 4 is 11.8 Å². The quantitative estimate of drug-likeness (QED) is 0.462. The smallest absolute Gasteiger partial charge is 0.302 e. The maximum Gasteiger partial charge on any atom is 0.302 e. The van der Waals surface area contributed by atoms with E-state index in [4.69, 9.17) is 9.47 Å². The van der Waals surface area contributed by atoms with Crippen LogP contribution >= 0.6 is 0 Å². The Kier molecular flexibility index (Phi) is 3.86. The molecule has 2 spiro atoms. The second kappa shape index (κ2) is 5.69. The van der Waals surface area contributed by atoms with Crippen molar-refractivity contribution in [3.63, 3.8) is 0 Å². The molecule has 3 N–H and O–H groups in total. The Morgan fingerprint density at radius 2 is 2.03 bits per heavy atom. The summed E-state index contributed by atoms with van der Waals surface area (Å²) >= 11 is 0. The van der Waals surface area contributed by atoms with Gasteiger partial charge in [-0.3, -0.25) is 9.59 Å². The number of ketones is 1. The van der Waals surface area contributed by atoms with Crippen molar-refractivity contribution in [3.8, 4) is 0 Å². The van der Waals surface area contributed by atoms with Gasteiger partial charge in [-0.1, -0.05) is 13.5 Å². The van der Waals surface area contributed by atoms with Gasteiger partial charge in [0.1, 0.15) is 6.10 Å². The molecule has 6 rings (SSSR count). The van der Waals surface area contributed by atoms with E-state index in [-0.39, 0.29) is 30.8 Å². The van der Waals surface area contributed by atoms with E-state index < -0.39 is 46.1 Å². The van der Waals surface area contributed by atoms with Crippen molar-refractivity contribution in [2.75, 3.05) is 13.2 Å². The van der Waals surface area contributed by atoms with E-state index in [9.17, 15) is 24.9 Å². The first-order valence-electron chi connectivity index (χ1n) is 10.6. The first-order chi connectivity index (χ1) is 13.5. The van der Waals surface area contributed by atoms with Gasteiger partial charge < -0.3 is 24.8 Å². The second-order valence-corrected chi connectivity index (χ2v) is 10.3. The number of carbonyl (C=O) groups excluding carboxylic acids is 2. The van der Waals surface area contributed by atoms with Crippen LogP contribution in [-0.4, -0.2) is 58.3 Å². The van der Waals surface area contributed by atoms with Crippen molar-refractivity contribution in [2.24, 2.45) is 34.0 Å². The van der Waals surface area contributed by atoms with Crippen molar-refractivity contribution in [3.05, 3.63) is 12.2 Å². The molecule has 0 radical (unpaired) electrons. The van der Waals surface area contributed by atoms with Crippen LogP contribution in [0.15, 0.2) is 12.2 Å². The van der Waals surface area contributed by atoms with Crippen LogP contribution in [0.5, 0.6) is 0 Å². The molecule has 0 amide bonds. The summed E-state index contributed by atoms with van der Waals surface area (Å²) < 4.78 is 11.3. The lowest BCUT2D eigenvalue weighted by atomic mass is 9.36. The van der Waals surface area contributed by atoms with E-state index >= 15 is 0 Å². The average molecular weight is 406 g/mol. The summed E-state index contributed by atoms with van der Waals surface area (Å²) in [5.74, 6) is -3.33. The van der Waals surface area contributed by atoms with Crippen molar-refractivity contribution in [1.82, 2.24) is 0 Å². The zero-order valence-electron chi connectivity index (χ0n) is 17.0. The molecule has 6 fully saturated rings. The third kappa shape index (κ3) is 1.98. The summed E-state index contributed by atoms with van der Waals surface area (Å²) in [6.07, 6.45) is 0.950. The first kappa shape index (κ1) is 19.7. The summed E-state index contributed by atoms with van der Waals surface area (Å²) in [5, 5.41) is 34.2. The Balaban J connectivity index is 1.67. The third-order valence-corrected chi connectivity index (χ3v) is 9.33. The maximum atomic E-state index is 13.4. The fourth-order valence-corrected chi connectivity index (χ4v) is 8.08. The summed E-state index contributed by atoms with van der Waals surface area (Å²) in [7, 11) is 0. The number of aliphatic hydroxyl groups is 3. The van der Waals surface area contributed by atoms with Gasteiger partial charge in [0, 0.05) is 23.7 Å². The number of hydrogen-bond acceptors (Lipinski definition) is 7. The minimum Gasteiger partial charge on any atom is -0.465 e. The van der Waals surface area contributed by atoms with Gasteiger partial charge >= 0.3 is 5.97 Å². The molecule has 160 valence electrons. The molecule has 4 saturated carbocycles. The van der Waals surface area contributed by atoms with Gasteiger partial charge in [-0.25, -0.2) is 0 Å². The third-order valence-electron chi connectivity index (χ3n) is 9.33. The molecule has 0 aromatic carbocycles. The van der Waals surface area contributed by atoms with E-state index in [2.05, 4.69) is 6.58 Å². The first-order valence-corrected chi connectivity index (χ1v) is 10.6. The second-order valence-electron chi connectivity index (χ2n) is 10.3. The number of esters is 1. The van der Waals surface area contributed by atoms with Crippen LogP contribution in [0.4, 0.5) is 0 Å². The van der Waals surface area contributed by atoms with Crippen molar-refractivity contribution in [2.45, 2.75) is 63.9 Å². The summed E-state index contributed by atoms with van der Waals surface area (Å²) in [4.78, 5) is 24.9. The Morgan fingerprint density at radius 1 is 1.31 bits per heavy atom. The van der Waals surface area contributed by atoms with Gasteiger partial charge in [0.15, 0.2) is 5.78 Å². The number of aliphatic hydroxyl groups excluding tert-OH is 2. The van der Waals surface area contributed by atoms with E-state index in [1.165, 1.54) is 6.92 Å². The highest BCUT2D eigenvalue weighted by molar-refractivity contribution is 6.04. The fourth-order valence-electron chi connectivity index (χ4n) is 8.08. The number of carbonyl (C=O) groups is 2. The minimum absolute atomic E-state index is 0.0226. The zero-order chi connectivity index (χ0) is 21.0. The number of fused-ring (bicyclic) bond motifs is 2. The molecule has 2 heterocycles. The number of hydrogen-bond donors (Lipinski definition) is 3. The van der Waals surface area contributed by atoms with Crippen LogP contribution in [0.3, 0.4) is 0 Å². The molecule has 2 saturated heterocycles. The number of rotatable bonds is 2. The lowest BCUT2D eigenvalue weighted by Gasteiger charge is -2.73. The highest BCUT2D eigenvalue weighted by atomic mass is 16.6. The van der Waals surface area contributed by atoms with E-state index in [1.54, 1.807) is 0 Å². The minimum atomic E-state index is -2.02. The Hall–Kier alpha value is -1.28. The molecule has 4 aliphatic carbocycles. The largest absolute Gasteiger partial charge is 0.465 e. The Bertz CT molecular complexity index is 805. The van der Waals surface area contributed by atoms with Gasteiger partial charge in [-0.15, -0.1) is 0 Å². The maximum absolute atomic E-state index is 13.4. The molecule has 7 nitrogen and oxygen atoms in total. The van der Waals surface area contributed by atoms with Crippen LogP contribution < -0.4 is 0 Å². The molecule has 9 atom stereocenters. The van der Waals surface area contributed by atoms with Crippen molar-refractivity contribution < 1.29 is 34.4 Å². The normalized spacial score (nSPS) is 55.4. The molecule has 7 heteroatoms. The van der Waals surface area contributed by atoms with Crippen molar-refractivity contribution in [1.29, 1.82) is 0 Å². The van der Waals surface area contributed by atoms with Crippen LogP contribution in [0.1, 0.15) is 46.0 Å². The lowest BCUT2D eigenvalue weighted by molar-refractivity contribution is -0.444. The molecule has 6 aliphatic rings. The predicted octanol–water partition coefficient (Wildman–Crippen LogP) is 0.948. The molecule has 2 aliphatic heterocycles. The van der Waals surface area contributed by atoms with E-state index in [0.717, 1.165) is 12.8 Å². The lowest BCUT2D eigenvalue weighted by Crippen LogP contribution is -2.82. The van der Waals surface area contributed by atoms with Crippen LogP contribution in [0.25, 0.3) is 0 Å². The molecule has 0 unspecified atom stereocenters. The summed E-state index contributed by atoms with van der Waals surface area (Å²) in [5.41, 5.74) is -2.15. The standard InChI is InChI=1S/C22H30O7/c1-11-13-4-5-14-20-7-6-15(24)19(3,9-28-12(2)23)16(20)18(26)22(27,29-10-20)21(14,8-13)17(11)25/h13-16,18,24,26-27H,1,4-10H2,2-3H3/t13-,14+,15-,16-,18+,19-,20-,21+,22+/m1/s1. The molecular weight excluding hydrogens is 376 g/mol. The molecule has 0 aromatic heterocycles. The fraction of sp³-hybridized carbons (Fsp3) is 0.818. The van der Waals surface area contributed by atoms with Gasteiger partial charge in [-0.2, -0.15) is 0 Å². The van der Waals surface area contributed by atoms with Crippen LogP contribution in [0.2, 0.25) is 0 Å². The van der Waals surface area contributed by atoms with Gasteiger partial charge in [0.2, 0.25) is 5.79 Å². The predicted molar refractivity (Wildman–Crippen MR) is 100 cm³/mol. The monoisotopic (exact) mass is 406 g/mol. The van der Waals surface area contributed by atoms with Gasteiger partial charge in [-0.05, 0) is 49.5 Å². The molecular formula is C22H30O7. The average Bonchev–Trinajstić information content (AvgIpc) is 2.87. The van der Waals surface area contributed by atoms with Crippen LogP contribution in [0, 0.1) is 34.0 Å². The number of allylic oxidation sites excluding steroid dienone is 1. The molecule has 0 aromatic rings. The highest BCUT2D eigenvalue weighted by Crippen LogP contribution is 2.76. The Morgan fingerprint density at radius 3 is 2.72 bits per heavy atom. The topological polar surface area (TPSA) is 113 Å². The molecule has 4 bridgehead atoms. The number of ether oxygens (including phenoxy) is 2. The SMILES string of the molecule is C=C1C(=O)[C@]23C[C@H]1CC[C@H]2[C@]12CC[C@@H](O)[C@@](C)(COC(C)=O)[C@H]1[C@H](O)[C@]3(O)OC2. The number of Topliss-reactive ketones (excluding diaryl/α,β-unsaturated/α-hetero) is 1. The van der Waals surface area contributed by atoms with Crippen LogP contribution in [-0.2, 0) is 19.1 Å². The molecule has 29 heavy (non-hydrogen) atoms. The highest BCUT2D eigenvalue weighted by Gasteiger charge is 2.83. The summed E-state index contributed by atoms with van der Waals surface area (Å²) in [6.45, 7) is 7.30. The van der Waals surface area contributed by atoms with E-state index in [1.807, 2.05) is 6.92 Å². The zero-order valence-corrected chi connectivity index (χ0v) is 17.0. The van der Waals surface area contributed by atoms with Gasteiger partial charge in [0.25, 0.3) is 0 Å². The van der Waals surface area contributed by atoms with E-state index in [0.29, 0.717) is 24.8 Å². The Labute approximate surface area is 170 Å². The van der Waals surface area contributed by atoms with Gasteiger partial charge in [0.05, 0.1) is 24.7 Å².